The molecule has 110 valence electrons. The van der Waals surface area contributed by atoms with Crippen molar-refractivity contribution in [2.45, 2.75) is 6.29 Å². The second-order valence-corrected chi connectivity index (χ2v) is 4.27. The fraction of sp³-hybridized carbons (Fsp3) is 0.0714. The molecule has 3 rings (SSSR count). The number of aromatic carboxylic acids is 1. The van der Waals surface area contributed by atoms with Gasteiger partial charge in [0.25, 0.3) is 0 Å². The van der Waals surface area contributed by atoms with Gasteiger partial charge in [-0.15, -0.1) is 0 Å². The molecule has 6 nitrogen and oxygen atoms in total. The van der Waals surface area contributed by atoms with Crippen LogP contribution in [0.1, 0.15) is 23.6 Å². The van der Waals surface area contributed by atoms with Crippen LogP contribution in [0.2, 0.25) is 0 Å². The number of benzene rings is 2. The maximum Gasteiger partial charge on any atom is 1.00 e. The second kappa shape index (κ2) is 7.19. The van der Waals surface area contributed by atoms with E-state index in [9.17, 15) is 9.18 Å². The molecule has 8 heteroatoms. The number of carboxylic acids is 1. The first-order valence-corrected chi connectivity index (χ1v) is 6.02. The van der Waals surface area contributed by atoms with Crippen LogP contribution in [0, 0.1) is 5.82 Å². The van der Waals surface area contributed by atoms with Crippen LogP contribution in [0.25, 0.3) is 0 Å². The fourth-order valence-corrected chi connectivity index (χ4v) is 1.79. The Balaban J connectivity index is 0.00000132. The smallest absolute Gasteiger partial charge is 1.00 e. The number of rotatable bonds is 3. The van der Waals surface area contributed by atoms with E-state index in [1.54, 1.807) is 12.1 Å². The Kier molecular flexibility index (Phi) is 5.52. The van der Waals surface area contributed by atoms with Gasteiger partial charge in [0.15, 0.2) is 0 Å². The third kappa shape index (κ3) is 3.64. The van der Waals surface area contributed by atoms with Gasteiger partial charge in [-0.25, -0.2) is 14.0 Å². The molecule has 0 radical (unpaired) electrons. The first kappa shape index (κ1) is 16.9. The van der Waals surface area contributed by atoms with Gasteiger partial charge in [0.1, 0.15) is 5.82 Å². The maximum atomic E-state index is 12.9. The van der Waals surface area contributed by atoms with Crippen LogP contribution in [0.4, 0.5) is 10.1 Å². The predicted molar refractivity (Wildman–Crippen MR) is 69.4 cm³/mol. The average Bonchev–Trinajstić information content (AvgIpc) is 2.98. The first-order valence-electron chi connectivity index (χ1n) is 6.02. The second-order valence-electron chi connectivity index (χ2n) is 4.27. The summed E-state index contributed by atoms with van der Waals surface area (Å²) in [5.41, 5.74) is 1.01. The summed E-state index contributed by atoms with van der Waals surface area (Å²) in [7, 11) is 0. The van der Waals surface area contributed by atoms with Crippen LogP contribution in [0.5, 0.6) is 0 Å². The molecule has 1 heterocycles. The first-order chi connectivity index (χ1) is 10.1. The Morgan fingerprint density at radius 2 is 1.95 bits per heavy atom. The van der Waals surface area contributed by atoms with Crippen LogP contribution >= 0.6 is 0 Å². The number of anilines is 1. The minimum Gasteiger partial charge on any atom is -1.00 e. The number of carboxylic acid groups (broad SMARTS) is 1. The molecule has 0 amide bonds. The molecule has 1 aliphatic heterocycles. The molecule has 2 aromatic rings. The zero-order valence-corrected chi connectivity index (χ0v) is 13.6. The summed E-state index contributed by atoms with van der Waals surface area (Å²) in [6, 6.07) is 11.5. The molecular formula is C14H11FNNaO5. The number of carbonyl (C=O) groups is 1. The molecule has 0 bridgehead atoms. The van der Waals surface area contributed by atoms with E-state index in [1.165, 1.54) is 36.4 Å². The molecule has 0 aliphatic carbocycles. The topological polar surface area (TPSA) is 68.2 Å². The van der Waals surface area contributed by atoms with Crippen LogP contribution in [-0.2, 0) is 14.7 Å². The summed E-state index contributed by atoms with van der Waals surface area (Å²) in [6.45, 7) is 0. The summed E-state index contributed by atoms with van der Waals surface area (Å²) in [5.74, 6) is -1.43. The zero-order chi connectivity index (χ0) is 14.8. The molecule has 1 fully saturated rings. The summed E-state index contributed by atoms with van der Waals surface area (Å²) >= 11 is 0. The van der Waals surface area contributed by atoms with Crippen molar-refractivity contribution < 1.29 is 60.0 Å². The molecule has 1 N–H and O–H groups in total. The standard InChI is InChI=1S/C14H10FNO5.Na.H/c15-11-6-4-9(5-7-11)14-19-16(21-20-14)12-3-1-2-10(8-12)13(17)18;;/h1-8,14H,(H,17,18);;/q;+1;-1. The quantitative estimate of drug-likeness (QED) is 0.633. The Labute approximate surface area is 148 Å². The predicted octanol–water partition coefficient (Wildman–Crippen LogP) is -0.0460. The van der Waals surface area contributed by atoms with Crippen molar-refractivity contribution in [3.63, 3.8) is 0 Å². The molecule has 0 spiro atoms. The third-order valence-electron chi connectivity index (χ3n) is 2.84. The van der Waals surface area contributed by atoms with Crippen molar-refractivity contribution in [1.29, 1.82) is 0 Å². The van der Waals surface area contributed by atoms with E-state index in [1.807, 2.05) is 0 Å². The zero-order valence-electron chi connectivity index (χ0n) is 12.6. The Bertz CT molecular complexity index is 672. The van der Waals surface area contributed by atoms with Gasteiger partial charge in [-0.2, -0.15) is 4.89 Å². The van der Waals surface area contributed by atoms with E-state index in [-0.39, 0.29) is 42.4 Å². The van der Waals surface area contributed by atoms with E-state index >= 15 is 0 Å². The maximum absolute atomic E-state index is 12.9. The van der Waals surface area contributed by atoms with Gasteiger partial charge in [-0.05, 0) is 30.3 Å². The summed E-state index contributed by atoms with van der Waals surface area (Å²) in [5, 5.41) is 9.90. The molecule has 1 aliphatic rings. The summed E-state index contributed by atoms with van der Waals surface area (Å²) in [6.07, 6.45) is -0.862. The Morgan fingerprint density at radius 3 is 2.64 bits per heavy atom. The van der Waals surface area contributed by atoms with Gasteiger partial charge in [0, 0.05) is 5.56 Å². The van der Waals surface area contributed by atoms with E-state index in [4.69, 9.17) is 19.8 Å². The summed E-state index contributed by atoms with van der Waals surface area (Å²) in [4.78, 5) is 26.2. The minimum absolute atomic E-state index is 0. The van der Waals surface area contributed by atoms with E-state index in [2.05, 4.69) is 0 Å². The Hall–Kier alpha value is -1.48. The SMILES string of the molecule is O=C(O)c1cccc(N2OOC(c3ccc(F)cc3)O2)c1.[H-].[Na+]. The van der Waals surface area contributed by atoms with Crippen molar-refractivity contribution >= 4 is 11.7 Å². The number of halogens is 1. The summed E-state index contributed by atoms with van der Waals surface area (Å²) < 4.78 is 12.9. The van der Waals surface area contributed by atoms with Crippen molar-refractivity contribution in [3.8, 4) is 0 Å². The number of hydrogen-bond acceptors (Lipinski definition) is 5. The number of nitrogens with zero attached hydrogens (tertiary/aromatic N) is 1. The van der Waals surface area contributed by atoms with Crippen molar-refractivity contribution in [2.75, 3.05) is 5.23 Å². The van der Waals surface area contributed by atoms with Crippen LogP contribution in [0.15, 0.2) is 48.5 Å². The molecule has 1 unspecified atom stereocenters. The molecule has 1 atom stereocenters. The third-order valence-corrected chi connectivity index (χ3v) is 2.84. The van der Waals surface area contributed by atoms with Gasteiger partial charge in [-0.1, -0.05) is 28.4 Å². The van der Waals surface area contributed by atoms with E-state index < -0.39 is 12.3 Å². The molecule has 0 saturated carbocycles. The molecule has 0 aromatic heterocycles. The monoisotopic (exact) mass is 315 g/mol. The van der Waals surface area contributed by atoms with Crippen molar-refractivity contribution in [2.24, 2.45) is 0 Å². The normalized spacial score (nSPS) is 17.1. The largest absolute Gasteiger partial charge is 1.00 e. The molecule has 2 aromatic carbocycles. The van der Waals surface area contributed by atoms with Crippen LogP contribution < -0.4 is 34.8 Å². The van der Waals surface area contributed by atoms with E-state index in [0.717, 1.165) is 5.23 Å². The minimum atomic E-state index is -1.06. The molecular weight excluding hydrogens is 304 g/mol. The molecule has 1 saturated heterocycles. The van der Waals surface area contributed by atoms with Crippen molar-refractivity contribution in [1.82, 2.24) is 0 Å². The van der Waals surface area contributed by atoms with Gasteiger partial charge in [0.2, 0.25) is 6.29 Å². The number of hydrogen-bond donors (Lipinski definition) is 1. The van der Waals surface area contributed by atoms with Crippen molar-refractivity contribution in [3.05, 3.63) is 65.5 Å². The van der Waals surface area contributed by atoms with Gasteiger partial charge >= 0.3 is 35.5 Å². The average molecular weight is 315 g/mol. The van der Waals surface area contributed by atoms with Gasteiger partial charge in [0.05, 0.1) is 11.3 Å². The van der Waals surface area contributed by atoms with Gasteiger partial charge in [-0.3, -0.25) is 0 Å². The van der Waals surface area contributed by atoms with Gasteiger partial charge < -0.3 is 6.53 Å². The van der Waals surface area contributed by atoms with Crippen LogP contribution in [-0.4, -0.2) is 11.1 Å². The van der Waals surface area contributed by atoms with E-state index in [0.29, 0.717) is 11.3 Å². The fourth-order valence-electron chi connectivity index (χ4n) is 1.79. The molecule has 22 heavy (non-hydrogen) atoms. The van der Waals surface area contributed by atoms with Crippen LogP contribution in [0.3, 0.4) is 0 Å². The Morgan fingerprint density at radius 1 is 1.23 bits per heavy atom.